The summed E-state index contributed by atoms with van der Waals surface area (Å²) < 4.78 is 13.4. The summed E-state index contributed by atoms with van der Waals surface area (Å²) in [5.41, 5.74) is 2.81. The molecule has 4 rings (SSSR count). The van der Waals surface area contributed by atoms with Crippen molar-refractivity contribution in [1.29, 1.82) is 0 Å². The van der Waals surface area contributed by atoms with Crippen molar-refractivity contribution in [2.24, 2.45) is 0 Å². The van der Waals surface area contributed by atoms with Gasteiger partial charge in [0.1, 0.15) is 5.69 Å². The summed E-state index contributed by atoms with van der Waals surface area (Å²) in [6, 6.07) is 14.8. The maximum absolute atomic E-state index is 13.4. The van der Waals surface area contributed by atoms with Gasteiger partial charge in [-0.3, -0.25) is 9.78 Å². The van der Waals surface area contributed by atoms with Crippen LogP contribution in [0.25, 0.3) is 22.6 Å². The summed E-state index contributed by atoms with van der Waals surface area (Å²) in [5.74, 6) is -0.648. The number of hydrogen-bond acceptors (Lipinski definition) is 5. The third-order valence-electron chi connectivity index (χ3n) is 4.62. The third-order valence-corrected chi connectivity index (χ3v) is 4.87. The molecule has 0 aliphatic heterocycles. The first-order chi connectivity index (χ1) is 15.0. The molecular formula is C23H17ClFN5O. The van der Waals surface area contributed by atoms with Gasteiger partial charge >= 0.3 is 0 Å². The summed E-state index contributed by atoms with van der Waals surface area (Å²) >= 11 is 6.00. The van der Waals surface area contributed by atoms with Crippen LogP contribution in [0.2, 0.25) is 5.02 Å². The number of halogens is 2. The zero-order valence-corrected chi connectivity index (χ0v) is 17.2. The highest BCUT2D eigenvalue weighted by molar-refractivity contribution is 6.30. The minimum absolute atomic E-state index is 0.181. The van der Waals surface area contributed by atoms with Gasteiger partial charge in [0, 0.05) is 34.7 Å². The molecule has 31 heavy (non-hydrogen) atoms. The highest BCUT2D eigenvalue weighted by Gasteiger charge is 2.17. The van der Waals surface area contributed by atoms with Crippen LogP contribution in [-0.4, -0.2) is 25.8 Å². The SMILES string of the molecule is C[C@H](NC(=O)c1cc(-c2ccc(Cl)cc2)nc(-c2cccnc2)n1)c1ccnc(F)c1. The van der Waals surface area contributed by atoms with E-state index in [4.69, 9.17) is 11.6 Å². The lowest BCUT2D eigenvalue weighted by atomic mass is 10.1. The molecule has 0 aliphatic rings. The van der Waals surface area contributed by atoms with Crippen LogP contribution in [0.3, 0.4) is 0 Å². The molecule has 1 atom stereocenters. The third kappa shape index (κ3) is 4.90. The van der Waals surface area contributed by atoms with Crippen molar-refractivity contribution in [3.05, 3.63) is 95.4 Å². The van der Waals surface area contributed by atoms with E-state index in [1.54, 1.807) is 49.6 Å². The first-order valence-corrected chi connectivity index (χ1v) is 9.85. The molecule has 154 valence electrons. The molecule has 0 fully saturated rings. The molecule has 8 heteroatoms. The van der Waals surface area contributed by atoms with E-state index in [1.165, 1.54) is 12.3 Å². The fourth-order valence-electron chi connectivity index (χ4n) is 3.00. The maximum Gasteiger partial charge on any atom is 0.270 e. The normalized spacial score (nSPS) is 11.7. The Balaban J connectivity index is 1.71. The second-order valence-electron chi connectivity index (χ2n) is 6.82. The van der Waals surface area contributed by atoms with Crippen LogP contribution in [0.15, 0.2) is 73.2 Å². The number of aromatic nitrogens is 4. The average molecular weight is 434 g/mol. The number of nitrogens with one attached hydrogen (secondary N) is 1. The Morgan fingerprint density at radius 2 is 1.84 bits per heavy atom. The fraction of sp³-hybridized carbons (Fsp3) is 0.0870. The maximum atomic E-state index is 13.4. The molecule has 1 N–H and O–H groups in total. The van der Waals surface area contributed by atoms with Gasteiger partial charge in [0.15, 0.2) is 5.82 Å². The van der Waals surface area contributed by atoms with E-state index < -0.39 is 17.9 Å². The minimum atomic E-state index is -0.607. The number of hydrogen-bond donors (Lipinski definition) is 1. The predicted molar refractivity (Wildman–Crippen MR) is 116 cm³/mol. The predicted octanol–water partition coefficient (Wildman–Crippen LogP) is 4.88. The molecule has 0 saturated heterocycles. The monoisotopic (exact) mass is 433 g/mol. The Morgan fingerprint density at radius 1 is 1.03 bits per heavy atom. The number of benzene rings is 1. The van der Waals surface area contributed by atoms with Gasteiger partial charge in [0.05, 0.1) is 11.7 Å². The lowest BCUT2D eigenvalue weighted by Crippen LogP contribution is -2.28. The van der Waals surface area contributed by atoms with Gasteiger partial charge in [-0.05, 0) is 55.0 Å². The second kappa shape index (κ2) is 8.97. The number of amides is 1. The highest BCUT2D eigenvalue weighted by atomic mass is 35.5. The van der Waals surface area contributed by atoms with Gasteiger partial charge < -0.3 is 5.32 Å². The molecule has 3 aromatic heterocycles. The second-order valence-corrected chi connectivity index (χ2v) is 7.25. The Morgan fingerprint density at radius 3 is 2.55 bits per heavy atom. The molecule has 0 bridgehead atoms. The largest absolute Gasteiger partial charge is 0.344 e. The van der Waals surface area contributed by atoms with Gasteiger partial charge in [0.25, 0.3) is 5.91 Å². The molecule has 4 aromatic rings. The van der Waals surface area contributed by atoms with Crippen LogP contribution >= 0.6 is 11.6 Å². The number of pyridine rings is 2. The molecule has 0 radical (unpaired) electrons. The van der Waals surface area contributed by atoms with Crippen molar-refractivity contribution in [2.75, 3.05) is 0 Å². The van der Waals surface area contributed by atoms with Crippen LogP contribution in [0, 0.1) is 5.95 Å². The summed E-state index contributed by atoms with van der Waals surface area (Å²) in [6.07, 6.45) is 4.64. The van der Waals surface area contributed by atoms with Gasteiger partial charge in [-0.25, -0.2) is 15.0 Å². The van der Waals surface area contributed by atoms with Crippen LogP contribution < -0.4 is 5.32 Å². The summed E-state index contributed by atoms with van der Waals surface area (Å²) in [7, 11) is 0. The van der Waals surface area contributed by atoms with Gasteiger partial charge in [-0.15, -0.1) is 0 Å². The van der Waals surface area contributed by atoms with Crippen LogP contribution in [0.4, 0.5) is 4.39 Å². The van der Waals surface area contributed by atoms with Gasteiger partial charge in [-0.2, -0.15) is 4.39 Å². The summed E-state index contributed by atoms with van der Waals surface area (Å²) in [4.78, 5) is 29.7. The van der Waals surface area contributed by atoms with Crippen molar-refractivity contribution < 1.29 is 9.18 Å². The lowest BCUT2D eigenvalue weighted by molar-refractivity contribution is 0.0934. The van der Waals surface area contributed by atoms with Crippen LogP contribution in [0.5, 0.6) is 0 Å². The van der Waals surface area contributed by atoms with Gasteiger partial charge in [0.2, 0.25) is 5.95 Å². The standard InChI is InChI=1S/C23H17ClFN5O/c1-14(16-8-10-27-21(25)11-16)28-23(31)20-12-19(15-4-6-18(24)7-5-15)29-22(30-20)17-3-2-9-26-13-17/h2-14H,1H3,(H,28,31)/t14-/m0/s1. The fourth-order valence-corrected chi connectivity index (χ4v) is 3.12. The topological polar surface area (TPSA) is 80.7 Å². The molecule has 0 saturated carbocycles. The van der Waals surface area contributed by atoms with Crippen molar-refractivity contribution in [3.63, 3.8) is 0 Å². The van der Waals surface area contributed by atoms with Crippen LogP contribution in [-0.2, 0) is 0 Å². The molecular weight excluding hydrogens is 417 g/mol. The van der Waals surface area contributed by atoms with E-state index in [0.717, 1.165) is 5.56 Å². The van der Waals surface area contributed by atoms with E-state index in [-0.39, 0.29) is 5.69 Å². The number of carbonyl (C=O) groups excluding carboxylic acids is 1. The highest BCUT2D eigenvalue weighted by Crippen LogP contribution is 2.24. The first-order valence-electron chi connectivity index (χ1n) is 9.47. The smallest absolute Gasteiger partial charge is 0.270 e. The van der Waals surface area contributed by atoms with Crippen molar-refractivity contribution in [1.82, 2.24) is 25.3 Å². The Bertz CT molecular complexity index is 1220. The zero-order chi connectivity index (χ0) is 21.8. The lowest BCUT2D eigenvalue weighted by Gasteiger charge is -2.15. The Hall–Kier alpha value is -3.71. The quantitative estimate of drug-likeness (QED) is 0.453. The van der Waals surface area contributed by atoms with E-state index in [2.05, 4.69) is 25.3 Å². The van der Waals surface area contributed by atoms with Gasteiger partial charge in [-0.1, -0.05) is 23.7 Å². The van der Waals surface area contributed by atoms with E-state index in [9.17, 15) is 9.18 Å². The number of rotatable bonds is 5. The van der Waals surface area contributed by atoms with Crippen LogP contribution in [0.1, 0.15) is 29.0 Å². The van der Waals surface area contributed by atoms with Crippen molar-refractivity contribution in [2.45, 2.75) is 13.0 Å². The molecule has 1 amide bonds. The van der Waals surface area contributed by atoms with Crippen molar-refractivity contribution in [3.8, 4) is 22.6 Å². The van der Waals surface area contributed by atoms with Crippen molar-refractivity contribution >= 4 is 17.5 Å². The summed E-state index contributed by atoms with van der Waals surface area (Å²) in [5, 5.41) is 3.44. The number of nitrogens with zero attached hydrogens (tertiary/aromatic N) is 4. The van der Waals surface area contributed by atoms with E-state index in [1.807, 2.05) is 18.2 Å². The molecule has 0 spiro atoms. The molecule has 0 unspecified atom stereocenters. The molecule has 3 heterocycles. The molecule has 0 aliphatic carbocycles. The first kappa shape index (κ1) is 20.6. The Kier molecular flexibility index (Phi) is 5.95. The zero-order valence-electron chi connectivity index (χ0n) is 16.5. The van der Waals surface area contributed by atoms with E-state index >= 15 is 0 Å². The summed E-state index contributed by atoms with van der Waals surface area (Å²) in [6.45, 7) is 1.76. The molecule has 1 aromatic carbocycles. The average Bonchev–Trinajstić information content (AvgIpc) is 2.80. The number of carbonyl (C=O) groups is 1. The van der Waals surface area contributed by atoms with E-state index in [0.29, 0.717) is 27.7 Å². The molecule has 6 nitrogen and oxygen atoms in total. The minimum Gasteiger partial charge on any atom is -0.344 e. The Labute approximate surface area is 183 Å².